The molecule has 0 fully saturated rings. The van der Waals surface area contributed by atoms with E-state index in [1.54, 1.807) is 0 Å². The third-order valence-electron chi connectivity index (χ3n) is 2.75. The molecular formula is C12H25. The van der Waals surface area contributed by atoms with Gasteiger partial charge in [-0.1, -0.05) is 53.9 Å². The van der Waals surface area contributed by atoms with Crippen LogP contribution in [0.5, 0.6) is 0 Å². The van der Waals surface area contributed by atoms with Crippen LogP contribution in [-0.4, -0.2) is 0 Å². The van der Waals surface area contributed by atoms with Crippen molar-refractivity contribution in [3.05, 3.63) is 6.92 Å². The Hall–Kier alpha value is 0. The van der Waals surface area contributed by atoms with E-state index < -0.39 is 0 Å². The second-order valence-electron chi connectivity index (χ2n) is 4.68. The Labute approximate surface area is 78.8 Å². The van der Waals surface area contributed by atoms with Gasteiger partial charge in [-0.15, -0.1) is 0 Å². The Bertz CT molecular complexity index is 98.6. The Kier molecular flexibility index (Phi) is 5.61. The second-order valence-corrected chi connectivity index (χ2v) is 4.68. The summed E-state index contributed by atoms with van der Waals surface area (Å²) in [6, 6.07) is 0. The van der Waals surface area contributed by atoms with Gasteiger partial charge in [0, 0.05) is 0 Å². The summed E-state index contributed by atoms with van der Waals surface area (Å²) < 4.78 is 0. The molecule has 0 aliphatic heterocycles. The van der Waals surface area contributed by atoms with Gasteiger partial charge in [0.05, 0.1) is 0 Å². The minimum atomic E-state index is 0.535. The molecule has 1 unspecified atom stereocenters. The largest absolute Gasteiger partial charge is 0.0654 e. The van der Waals surface area contributed by atoms with Gasteiger partial charge in [-0.25, -0.2) is 0 Å². The Morgan fingerprint density at radius 1 is 1.25 bits per heavy atom. The summed E-state index contributed by atoms with van der Waals surface area (Å²) in [4.78, 5) is 0. The molecule has 0 aliphatic carbocycles. The molecule has 0 heteroatoms. The zero-order chi connectivity index (χ0) is 9.61. The minimum Gasteiger partial charge on any atom is -0.0654 e. The van der Waals surface area contributed by atoms with Gasteiger partial charge in [0.25, 0.3) is 0 Å². The van der Waals surface area contributed by atoms with E-state index in [-0.39, 0.29) is 0 Å². The monoisotopic (exact) mass is 169 g/mol. The average molecular weight is 169 g/mol. The number of rotatable bonds is 6. The molecule has 0 nitrogen and oxygen atoms in total. The first-order valence-corrected chi connectivity index (χ1v) is 5.35. The van der Waals surface area contributed by atoms with Gasteiger partial charge in [-0.2, -0.15) is 0 Å². The van der Waals surface area contributed by atoms with Crippen molar-refractivity contribution in [2.75, 3.05) is 0 Å². The fourth-order valence-corrected chi connectivity index (χ4v) is 2.01. The van der Waals surface area contributed by atoms with Crippen molar-refractivity contribution in [1.82, 2.24) is 0 Å². The normalized spacial score (nSPS) is 12.5. The highest BCUT2D eigenvalue weighted by atomic mass is 14.3. The van der Waals surface area contributed by atoms with E-state index in [0.29, 0.717) is 5.41 Å². The molecule has 0 saturated heterocycles. The van der Waals surface area contributed by atoms with Crippen LogP contribution in [-0.2, 0) is 0 Å². The van der Waals surface area contributed by atoms with Crippen LogP contribution in [0.2, 0.25) is 0 Å². The van der Waals surface area contributed by atoms with Crippen molar-refractivity contribution in [3.8, 4) is 0 Å². The van der Waals surface area contributed by atoms with Crippen LogP contribution >= 0.6 is 0 Å². The Morgan fingerprint density at radius 2 is 1.83 bits per heavy atom. The maximum atomic E-state index is 4.00. The van der Waals surface area contributed by atoms with Crippen LogP contribution in [0, 0.1) is 18.3 Å². The topological polar surface area (TPSA) is 0 Å². The fraction of sp³-hybridized carbons (Fsp3) is 0.917. The first-order chi connectivity index (χ1) is 5.55. The molecular weight excluding hydrogens is 144 g/mol. The van der Waals surface area contributed by atoms with Gasteiger partial charge in [0.1, 0.15) is 0 Å². The molecule has 0 aromatic carbocycles. The quantitative estimate of drug-likeness (QED) is 0.551. The third-order valence-corrected chi connectivity index (χ3v) is 2.75. The maximum Gasteiger partial charge on any atom is -0.0352 e. The van der Waals surface area contributed by atoms with E-state index >= 15 is 0 Å². The van der Waals surface area contributed by atoms with Gasteiger partial charge < -0.3 is 0 Å². The lowest BCUT2D eigenvalue weighted by atomic mass is 9.78. The van der Waals surface area contributed by atoms with Crippen molar-refractivity contribution in [3.63, 3.8) is 0 Å². The van der Waals surface area contributed by atoms with Crippen molar-refractivity contribution in [2.45, 2.75) is 59.8 Å². The first-order valence-electron chi connectivity index (χ1n) is 5.35. The van der Waals surface area contributed by atoms with Crippen LogP contribution in [0.3, 0.4) is 0 Å². The van der Waals surface area contributed by atoms with E-state index in [4.69, 9.17) is 0 Å². The summed E-state index contributed by atoms with van der Waals surface area (Å²) >= 11 is 0. The lowest BCUT2D eigenvalue weighted by Crippen LogP contribution is -2.16. The predicted octanol–water partition coefficient (Wildman–Crippen LogP) is 4.45. The van der Waals surface area contributed by atoms with Gasteiger partial charge in [0.15, 0.2) is 0 Å². The van der Waals surface area contributed by atoms with Gasteiger partial charge in [0.2, 0.25) is 0 Å². The average Bonchev–Trinajstić information content (AvgIpc) is 2.00. The molecule has 0 aromatic heterocycles. The van der Waals surface area contributed by atoms with Crippen LogP contribution in [0.1, 0.15) is 59.8 Å². The van der Waals surface area contributed by atoms with E-state index in [0.717, 1.165) is 12.3 Å². The summed E-state index contributed by atoms with van der Waals surface area (Å²) in [5, 5.41) is 0. The molecule has 0 spiro atoms. The van der Waals surface area contributed by atoms with Gasteiger partial charge >= 0.3 is 0 Å². The van der Waals surface area contributed by atoms with Crippen molar-refractivity contribution in [2.24, 2.45) is 11.3 Å². The van der Waals surface area contributed by atoms with E-state index in [2.05, 4.69) is 34.6 Å². The smallest absolute Gasteiger partial charge is 0.0352 e. The summed E-state index contributed by atoms with van der Waals surface area (Å²) in [5.74, 6) is 0.839. The minimum absolute atomic E-state index is 0.535. The van der Waals surface area contributed by atoms with Gasteiger partial charge in [-0.3, -0.25) is 0 Å². The SMILES string of the molecule is [CH2]CC(CC)CC(C)(C)CCC. The summed E-state index contributed by atoms with van der Waals surface area (Å²) in [7, 11) is 0. The third kappa shape index (κ3) is 4.79. The maximum absolute atomic E-state index is 4.00. The van der Waals surface area contributed by atoms with Crippen LogP contribution in [0.25, 0.3) is 0 Å². The molecule has 0 N–H and O–H groups in total. The van der Waals surface area contributed by atoms with Crippen LogP contribution < -0.4 is 0 Å². The lowest BCUT2D eigenvalue weighted by molar-refractivity contribution is 0.241. The summed E-state index contributed by atoms with van der Waals surface area (Å²) in [6.07, 6.45) is 6.39. The number of hydrogen-bond donors (Lipinski definition) is 0. The predicted molar refractivity (Wildman–Crippen MR) is 57.1 cm³/mol. The molecule has 0 rings (SSSR count). The number of hydrogen-bond acceptors (Lipinski definition) is 0. The second kappa shape index (κ2) is 5.61. The van der Waals surface area contributed by atoms with E-state index in [1.807, 2.05) is 0 Å². The van der Waals surface area contributed by atoms with Gasteiger partial charge in [-0.05, 0) is 24.2 Å². The summed E-state index contributed by atoms with van der Waals surface area (Å²) in [6.45, 7) is 13.3. The molecule has 0 aliphatic rings. The lowest BCUT2D eigenvalue weighted by Gasteiger charge is -2.28. The zero-order valence-electron chi connectivity index (χ0n) is 9.32. The van der Waals surface area contributed by atoms with Crippen LogP contribution in [0.15, 0.2) is 0 Å². The molecule has 0 amide bonds. The van der Waals surface area contributed by atoms with E-state index in [1.165, 1.54) is 25.7 Å². The Morgan fingerprint density at radius 3 is 2.17 bits per heavy atom. The Balaban J connectivity index is 3.84. The van der Waals surface area contributed by atoms with E-state index in [9.17, 15) is 0 Å². The first kappa shape index (κ1) is 12.0. The zero-order valence-corrected chi connectivity index (χ0v) is 9.32. The summed E-state index contributed by atoms with van der Waals surface area (Å²) in [5.41, 5.74) is 0.535. The standard InChI is InChI=1S/C12H25/c1-6-9-12(4,5)10-11(7-2)8-3/h11H,2,6-10H2,1,3-5H3. The van der Waals surface area contributed by atoms with Crippen molar-refractivity contribution in [1.29, 1.82) is 0 Å². The molecule has 0 saturated carbocycles. The highest BCUT2D eigenvalue weighted by Gasteiger charge is 2.20. The molecule has 1 atom stereocenters. The van der Waals surface area contributed by atoms with Crippen molar-refractivity contribution >= 4 is 0 Å². The molecule has 0 bridgehead atoms. The van der Waals surface area contributed by atoms with Crippen molar-refractivity contribution < 1.29 is 0 Å². The molecule has 1 radical (unpaired) electrons. The molecule has 0 aromatic rings. The molecule has 0 heterocycles. The molecule has 12 heavy (non-hydrogen) atoms. The van der Waals surface area contributed by atoms with Crippen LogP contribution in [0.4, 0.5) is 0 Å². The highest BCUT2D eigenvalue weighted by molar-refractivity contribution is 4.73. The molecule has 73 valence electrons. The fourth-order valence-electron chi connectivity index (χ4n) is 2.01. The highest BCUT2D eigenvalue weighted by Crippen LogP contribution is 2.32.